The summed E-state index contributed by atoms with van der Waals surface area (Å²) in [5.41, 5.74) is -0.763. The molecule has 15 heteroatoms. The lowest BCUT2D eigenvalue weighted by molar-refractivity contribution is -0.127. The third kappa shape index (κ3) is 4.35. The second kappa shape index (κ2) is 8.12. The Hall–Kier alpha value is -3.66. The van der Waals surface area contributed by atoms with E-state index in [1.54, 1.807) is 0 Å². The second-order valence-electron chi connectivity index (χ2n) is 6.49. The number of hydrogen-bond donors (Lipinski definition) is 4. The summed E-state index contributed by atoms with van der Waals surface area (Å²) in [6.45, 7) is 0. The van der Waals surface area contributed by atoms with Gasteiger partial charge in [-0.1, -0.05) is 5.16 Å². The Morgan fingerprint density at radius 2 is 1.38 bits per heavy atom. The Morgan fingerprint density at radius 3 is 1.81 bits per heavy atom. The van der Waals surface area contributed by atoms with Crippen LogP contribution in [-0.2, 0) is 34.4 Å². The number of rotatable bonds is 5. The molecule has 13 nitrogen and oxygen atoms in total. The molecule has 1 fully saturated rings. The van der Waals surface area contributed by atoms with E-state index >= 15 is 0 Å². The highest BCUT2D eigenvalue weighted by molar-refractivity contribution is 7.89. The van der Waals surface area contributed by atoms with Gasteiger partial charge < -0.3 is 10.5 Å². The van der Waals surface area contributed by atoms with Gasteiger partial charge in [0.25, 0.3) is 11.8 Å². The Balaban J connectivity index is 1.88. The zero-order chi connectivity index (χ0) is 23.8. The molecule has 3 amide bonds. The van der Waals surface area contributed by atoms with E-state index in [-0.39, 0.29) is 21.2 Å². The molecule has 6 N–H and O–H groups in total. The van der Waals surface area contributed by atoms with Crippen molar-refractivity contribution < 1.29 is 36.4 Å². The number of nitrogens with two attached hydrogens (primary N) is 2. The standard InChI is InChI=1S/C17H15N5O8S2/c18-31(27,28)11-5-1-9(2-6-11)20-15(23)13-14(21-26)17(25)22(16(13)24)10-3-7-12(8-4-10)32(19,29)30/h1-8,13,26H,(H,20,23)(H2,18,27,28)(H2,19,29,30). The summed E-state index contributed by atoms with van der Waals surface area (Å²) in [5.74, 6) is -4.98. The lowest BCUT2D eigenvalue weighted by atomic mass is 10.1. The summed E-state index contributed by atoms with van der Waals surface area (Å²) in [7, 11) is -7.98. The van der Waals surface area contributed by atoms with Crippen LogP contribution in [0.4, 0.5) is 11.4 Å². The number of benzene rings is 2. The minimum absolute atomic E-state index is 0.0795. The molecular formula is C17H15N5O8S2. The molecule has 0 aromatic heterocycles. The average molecular weight is 481 g/mol. The highest BCUT2D eigenvalue weighted by Gasteiger charge is 2.50. The second-order valence-corrected chi connectivity index (χ2v) is 9.62. The monoisotopic (exact) mass is 481 g/mol. The number of carbonyl (C=O) groups excluding carboxylic acids is 3. The number of nitrogens with one attached hydrogen (secondary N) is 1. The number of hydrogen-bond acceptors (Lipinski definition) is 9. The summed E-state index contributed by atoms with van der Waals surface area (Å²) >= 11 is 0. The molecule has 1 aliphatic rings. The van der Waals surface area contributed by atoms with E-state index in [1.807, 2.05) is 0 Å². The SMILES string of the molecule is NS(=O)(=O)c1ccc(NC(=O)C2C(=O)N(c3ccc(S(N)(=O)=O)cc3)C(=O)C2=NO)cc1. The molecular weight excluding hydrogens is 466 g/mol. The van der Waals surface area contributed by atoms with E-state index in [9.17, 15) is 36.4 Å². The van der Waals surface area contributed by atoms with Crippen molar-refractivity contribution in [3.63, 3.8) is 0 Å². The summed E-state index contributed by atoms with van der Waals surface area (Å²) in [4.78, 5) is 38.1. The number of oxime groups is 1. The van der Waals surface area contributed by atoms with Crippen LogP contribution in [0.25, 0.3) is 0 Å². The fourth-order valence-electron chi connectivity index (χ4n) is 2.89. The predicted octanol–water partition coefficient (Wildman–Crippen LogP) is -1.06. The summed E-state index contributed by atoms with van der Waals surface area (Å²) < 4.78 is 45.3. The molecule has 1 aliphatic heterocycles. The number of anilines is 2. The molecule has 1 atom stereocenters. The molecule has 0 radical (unpaired) electrons. The Labute approximate surface area is 181 Å². The first-order valence-corrected chi connectivity index (χ1v) is 11.6. The number of amides is 3. The normalized spacial score (nSPS) is 18.2. The van der Waals surface area contributed by atoms with Crippen molar-refractivity contribution >= 4 is 54.9 Å². The van der Waals surface area contributed by atoms with Gasteiger partial charge in [-0.2, -0.15) is 0 Å². The van der Waals surface area contributed by atoms with Crippen molar-refractivity contribution in [2.24, 2.45) is 21.4 Å². The van der Waals surface area contributed by atoms with Crippen LogP contribution in [-0.4, -0.2) is 45.5 Å². The van der Waals surface area contributed by atoms with Gasteiger partial charge in [0, 0.05) is 5.69 Å². The van der Waals surface area contributed by atoms with Crippen molar-refractivity contribution in [3.8, 4) is 0 Å². The van der Waals surface area contributed by atoms with E-state index < -0.39 is 49.4 Å². The van der Waals surface area contributed by atoms with Crippen LogP contribution in [0, 0.1) is 5.92 Å². The first-order valence-electron chi connectivity index (χ1n) is 8.51. The maximum atomic E-state index is 12.8. The van der Waals surface area contributed by atoms with Gasteiger partial charge >= 0.3 is 0 Å². The van der Waals surface area contributed by atoms with Crippen LogP contribution in [0.15, 0.2) is 63.5 Å². The van der Waals surface area contributed by atoms with Crippen molar-refractivity contribution in [3.05, 3.63) is 48.5 Å². The molecule has 0 saturated carbocycles. The summed E-state index contributed by atoms with van der Waals surface area (Å²) in [6, 6.07) is 9.01. The lowest BCUT2D eigenvalue weighted by Gasteiger charge is -2.14. The minimum atomic E-state index is -4.02. The Bertz CT molecular complexity index is 1350. The van der Waals surface area contributed by atoms with Gasteiger partial charge in [-0.05, 0) is 48.5 Å². The van der Waals surface area contributed by atoms with Crippen molar-refractivity contribution in [2.45, 2.75) is 9.79 Å². The van der Waals surface area contributed by atoms with Gasteiger partial charge in [0.2, 0.25) is 26.0 Å². The highest BCUT2D eigenvalue weighted by Crippen LogP contribution is 2.27. The quantitative estimate of drug-likeness (QED) is 0.178. The number of sulfonamides is 2. The summed E-state index contributed by atoms with van der Waals surface area (Å²) in [6.07, 6.45) is 0. The number of primary sulfonamides is 2. The highest BCUT2D eigenvalue weighted by atomic mass is 32.2. The van der Waals surface area contributed by atoms with Gasteiger partial charge in [-0.15, -0.1) is 0 Å². The van der Waals surface area contributed by atoms with E-state index in [0.717, 1.165) is 36.4 Å². The summed E-state index contributed by atoms with van der Waals surface area (Å²) in [5, 5.41) is 24.3. The van der Waals surface area contributed by atoms with Gasteiger partial charge in [0.05, 0.1) is 15.5 Å². The van der Waals surface area contributed by atoms with Gasteiger partial charge in [-0.25, -0.2) is 32.0 Å². The first kappa shape index (κ1) is 23.0. The molecule has 0 bridgehead atoms. The molecule has 1 unspecified atom stereocenters. The molecule has 168 valence electrons. The van der Waals surface area contributed by atoms with Crippen molar-refractivity contribution in [2.75, 3.05) is 10.2 Å². The van der Waals surface area contributed by atoms with Gasteiger partial charge in [-0.3, -0.25) is 14.4 Å². The largest absolute Gasteiger partial charge is 0.410 e. The van der Waals surface area contributed by atoms with Crippen molar-refractivity contribution in [1.29, 1.82) is 0 Å². The molecule has 32 heavy (non-hydrogen) atoms. The third-order valence-electron chi connectivity index (χ3n) is 4.41. The molecule has 2 aromatic rings. The lowest BCUT2D eigenvalue weighted by Crippen LogP contribution is -2.34. The topological polar surface area (TPSA) is 219 Å². The average Bonchev–Trinajstić information content (AvgIpc) is 2.96. The molecule has 3 rings (SSSR count). The number of carbonyl (C=O) groups is 3. The van der Waals surface area contributed by atoms with E-state index in [0.29, 0.717) is 4.90 Å². The van der Waals surface area contributed by atoms with Crippen LogP contribution in [0.1, 0.15) is 0 Å². The smallest absolute Gasteiger partial charge is 0.284 e. The van der Waals surface area contributed by atoms with Crippen LogP contribution in [0.2, 0.25) is 0 Å². The molecule has 0 aliphatic carbocycles. The Kier molecular flexibility index (Phi) is 5.84. The van der Waals surface area contributed by atoms with Crippen molar-refractivity contribution in [1.82, 2.24) is 0 Å². The van der Waals surface area contributed by atoms with Crippen LogP contribution >= 0.6 is 0 Å². The zero-order valence-electron chi connectivity index (χ0n) is 15.9. The molecule has 1 saturated heterocycles. The fourth-order valence-corrected chi connectivity index (χ4v) is 3.92. The maximum Gasteiger partial charge on any atom is 0.284 e. The maximum absolute atomic E-state index is 12.8. The van der Waals surface area contributed by atoms with Crippen LogP contribution in [0.3, 0.4) is 0 Å². The van der Waals surface area contributed by atoms with E-state index in [2.05, 4.69) is 10.5 Å². The van der Waals surface area contributed by atoms with Gasteiger partial charge in [0.15, 0.2) is 11.6 Å². The minimum Gasteiger partial charge on any atom is -0.410 e. The Morgan fingerprint density at radius 1 is 0.906 bits per heavy atom. The fraction of sp³-hybridized carbons (Fsp3) is 0.0588. The third-order valence-corrected chi connectivity index (χ3v) is 6.27. The van der Waals surface area contributed by atoms with E-state index in [4.69, 9.17) is 10.3 Å². The number of nitrogens with zero attached hydrogens (tertiary/aromatic N) is 2. The molecule has 2 aromatic carbocycles. The van der Waals surface area contributed by atoms with E-state index in [1.165, 1.54) is 12.1 Å². The van der Waals surface area contributed by atoms with Gasteiger partial charge in [0.1, 0.15) is 0 Å². The predicted molar refractivity (Wildman–Crippen MR) is 109 cm³/mol. The molecule has 0 spiro atoms. The van der Waals surface area contributed by atoms with Crippen LogP contribution < -0.4 is 20.5 Å². The molecule has 1 heterocycles. The zero-order valence-corrected chi connectivity index (χ0v) is 17.5. The number of imide groups is 1. The first-order chi connectivity index (χ1) is 14.8. The van der Waals surface area contributed by atoms with Crippen LogP contribution in [0.5, 0.6) is 0 Å².